The van der Waals surface area contributed by atoms with E-state index < -0.39 is 5.82 Å². The smallest absolute Gasteiger partial charge is 0.178 e. The number of H-pyrrole nitrogens is 1. The molecule has 0 amide bonds. The zero-order valence-corrected chi connectivity index (χ0v) is 10.7. The van der Waals surface area contributed by atoms with Gasteiger partial charge in [-0.2, -0.15) is 0 Å². The summed E-state index contributed by atoms with van der Waals surface area (Å²) >= 11 is 3.32. The Labute approximate surface area is 110 Å². The van der Waals surface area contributed by atoms with E-state index in [4.69, 9.17) is 5.73 Å². The number of fused-ring (bicyclic) bond motifs is 1. The molecule has 3 N–H and O–H groups in total. The molecule has 0 unspecified atom stereocenters. The summed E-state index contributed by atoms with van der Waals surface area (Å²) in [6.07, 6.45) is 1.65. The molecule has 2 aromatic heterocycles. The van der Waals surface area contributed by atoms with Crippen molar-refractivity contribution in [1.82, 2.24) is 15.0 Å². The lowest BCUT2D eigenvalue weighted by Crippen LogP contribution is -1.90. The van der Waals surface area contributed by atoms with Gasteiger partial charge in [-0.25, -0.2) is 14.4 Å². The fraction of sp³-hybridized carbons (Fsp3) is 0. The molecule has 3 aromatic rings. The Morgan fingerprint density at radius 3 is 2.89 bits per heavy atom. The van der Waals surface area contributed by atoms with Crippen LogP contribution in [0.1, 0.15) is 0 Å². The molecule has 0 atom stereocenters. The molecule has 3 rings (SSSR count). The predicted octanol–water partition coefficient (Wildman–Crippen LogP) is 3.11. The molecule has 0 aliphatic carbocycles. The van der Waals surface area contributed by atoms with E-state index >= 15 is 0 Å². The van der Waals surface area contributed by atoms with Gasteiger partial charge in [0.25, 0.3) is 0 Å². The maximum atomic E-state index is 13.8. The average Bonchev–Trinajstić information content (AvgIpc) is 2.71. The Balaban J connectivity index is 2.19. The highest BCUT2D eigenvalue weighted by molar-refractivity contribution is 9.10. The number of hydrogen-bond donors (Lipinski definition) is 2. The van der Waals surface area contributed by atoms with Crippen LogP contribution in [0.2, 0.25) is 0 Å². The second-order valence-electron chi connectivity index (χ2n) is 3.85. The van der Waals surface area contributed by atoms with Gasteiger partial charge in [-0.05, 0) is 40.2 Å². The molecule has 0 bridgehead atoms. The van der Waals surface area contributed by atoms with Crippen LogP contribution in [-0.2, 0) is 0 Å². The first-order valence-electron chi connectivity index (χ1n) is 5.20. The van der Waals surface area contributed by atoms with Crippen molar-refractivity contribution in [3.05, 3.63) is 40.8 Å². The molecule has 0 saturated heterocycles. The Morgan fingerprint density at radius 1 is 1.28 bits per heavy atom. The van der Waals surface area contributed by atoms with Gasteiger partial charge in [0.2, 0.25) is 0 Å². The number of imidazole rings is 1. The third-order valence-corrected chi connectivity index (χ3v) is 2.99. The summed E-state index contributed by atoms with van der Waals surface area (Å²) in [5, 5.41) is 0. The van der Waals surface area contributed by atoms with Crippen molar-refractivity contribution in [2.75, 3.05) is 5.73 Å². The summed E-state index contributed by atoms with van der Waals surface area (Å²) in [4.78, 5) is 11.4. The largest absolute Gasteiger partial charge is 0.399 e. The average molecular weight is 307 g/mol. The number of halogens is 2. The third kappa shape index (κ3) is 1.84. The first-order valence-corrected chi connectivity index (χ1v) is 5.99. The molecule has 0 radical (unpaired) electrons. The van der Waals surface area contributed by atoms with Gasteiger partial charge in [-0.3, -0.25) is 0 Å². The van der Waals surface area contributed by atoms with Crippen LogP contribution in [0.4, 0.5) is 10.1 Å². The minimum atomic E-state index is -0.409. The van der Waals surface area contributed by atoms with Crippen molar-refractivity contribution >= 4 is 32.8 Å². The lowest BCUT2D eigenvalue weighted by molar-refractivity contribution is 0.631. The zero-order chi connectivity index (χ0) is 12.7. The molecule has 90 valence electrons. The number of nitrogens with two attached hydrogens (primary N) is 1. The van der Waals surface area contributed by atoms with Crippen LogP contribution >= 0.6 is 15.9 Å². The van der Waals surface area contributed by atoms with Crippen molar-refractivity contribution in [3.8, 4) is 11.4 Å². The number of anilines is 1. The van der Waals surface area contributed by atoms with E-state index in [0.717, 1.165) is 9.99 Å². The van der Waals surface area contributed by atoms with E-state index in [1.54, 1.807) is 18.3 Å². The van der Waals surface area contributed by atoms with Crippen LogP contribution in [0.3, 0.4) is 0 Å². The molecule has 0 aliphatic rings. The fourth-order valence-electron chi connectivity index (χ4n) is 1.73. The maximum absolute atomic E-state index is 13.8. The van der Waals surface area contributed by atoms with E-state index in [1.165, 1.54) is 6.07 Å². The SMILES string of the molecule is Nc1ccc(-c2nc3ncc(Br)cc3[nH]2)c(F)c1. The molecule has 1 aromatic carbocycles. The lowest BCUT2D eigenvalue weighted by atomic mass is 10.2. The minimum absolute atomic E-state index is 0.373. The highest BCUT2D eigenvalue weighted by atomic mass is 79.9. The van der Waals surface area contributed by atoms with Crippen LogP contribution in [0.25, 0.3) is 22.6 Å². The van der Waals surface area contributed by atoms with E-state index in [1.807, 2.05) is 6.07 Å². The van der Waals surface area contributed by atoms with Gasteiger partial charge in [-0.15, -0.1) is 0 Å². The minimum Gasteiger partial charge on any atom is -0.399 e. The van der Waals surface area contributed by atoms with E-state index in [0.29, 0.717) is 22.7 Å². The van der Waals surface area contributed by atoms with Crippen LogP contribution in [0, 0.1) is 5.82 Å². The van der Waals surface area contributed by atoms with Crippen LogP contribution in [-0.4, -0.2) is 15.0 Å². The molecule has 18 heavy (non-hydrogen) atoms. The number of benzene rings is 1. The number of aromatic nitrogens is 3. The molecule has 0 aliphatic heterocycles. The van der Waals surface area contributed by atoms with Crippen LogP contribution in [0.5, 0.6) is 0 Å². The number of nitrogens with one attached hydrogen (secondary N) is 1. The summed E-state index contributed by atoms with van der Waals surface area (Å²) in [5.41, 5.74) is 7.56. The van der Waals surface area contributed by atoms with Crippen LogP contribution in [0.15, 0.2) is 34.9 Å². The normalized spacial score (nSPS) is 11.0. The summed E-state index contributed by atoms with van der Waals surface area (Å²) in [6.45, 7) is 0. The number of nitrogen functional groups attached to an aromatic ring is 1. The first-order chi connectivity index (χ1) is 8.63. The molecular weight excluding hydrogens is 299 g/mol. The standard InChI is InChI=1S/C12H8BrFN4/c13-6-3-10-12(16-5-6)18-11(17-10)8-2-1-7(15)4-9(8)14/h1-5H,15H2,(H,16,17,18). The van der Waals surface area contributed by atoms with Gasteiger partial charge in [0.1, 0.15) is 11.6 Å². The zero-order valence-electron chi connectivity index (χ0n) is 9.11. The van der Waals surface area contributed by atoms with Crippen molar-refractivity contribution in [2.24, 2.45) is 0 Å². The van der Waals surface area contributed by atoms with Crippen molar-refractivity contribution in [2.45, 2.75) is 0 Å². The van der Waals surface area contributed by atoms with Crippen molar-refractivity contribution in [1.29, 1.82) is 0 Å². The molecule has 0 spiro atoms. The molecule has 6 heteroatoms. The number of hydrogen-bond acceptors (Lipinski definition) is 3. The third-order valence-electron chi connectivity index (χ3n) is 2.55. The molecular formula is C12H8BrFN4. The Kier molecular flexibility index (Phi) is 2.52. The number of nitrogens with zero attached hydrogens (tertiary/aromatic N) is 2. The quantitative estimate of drug-likeness (QED) is 0.679. The maximum Gasteiger partial charge on any atom is 0.178 e. The first kappa shape index (κ1) is 11.2. The Bertz CT molecular complexity index is 738. The summed E-state index contributed by atoms with van der Waals surface area (Å²) < 4.78 is 14.6. The monoisotopic (exact) mass is 306 g/mol. The van der Waals surface area contributed by atoms with Crippen LogP contribution < -0.4 is 5.73 Å². The van der Waals surface area contributed by atoms with Gasteiger partial charge in [-0.1, -0.05) is 0 Å². The predicted molar refractivity (Wildman–Crippen MR) is 71.4 cm³/mol. The summed E-state index contributed by atoms with van der Waals surface area (Å²) in [5.74, 6) is 0.0289. The van der Waals surface area contributed by atoms with Gasteiger partial charge < -0.3 is 10.7 Å². The van der Waals surface area contributed by atoms with Gasteiger partial charge in [0.15, 0.2) is 5.65 Å². The van der Waals surface area contributed by atoms with Gasteiger partial charge in [0, 0.05) is 16.4 Å². The topological polar surface area (TPSA) is 67.6 Å². The second-order valence-corrected chi connectivity index (χ2v) is 4.77. The molecule has 4 nitrogen and oxygen atoms in total. The lowest BCUT2D eigenvalue weighted by Gasteiger charge is -1.99. The highest BCUT2D eigenvalue weighted by Crippen LogP contribution is 2.24. The molecule has 0 fully saturated rings. The Hall–Kier alpha value is -1.95. The Morgan fingerprint density at radius 2 is 2.11 bits per heavy atom. The van der Waals surface area contributed by atoms with E-state index in [9.17, 15) is 4.39 Å². The molecule has 0 saturated carbocycles. The highest BCUT2D eigenvalue weighted by Gasteiger charge is 2.11. The number of rotatable bonds is 1. The second kappa shape index (κ2) is 4.06. The molecule has 2 heterocycles. The fourth-order valence-corrected chi connectivity index (χ4v) is 2.06. The van der Waals surface area contributed by atoms with Crippen molar-refractivity contribution < 1.29 is 4.39 Å². The van der Waals surface area contributed by atoms with Crippen molar-refractivity contribution in [3.63, 3.8) is 0 Å². The number of aromatic amines is 1. The van der Waals surface area contributed by atoms with Gasteiger partial charge in [0.05, 0.1) is 11.1 Å². The summed E-state index contributed by atoms with van der Waals surface area (Å²) in [6, 6.07) is 6.34. The van der Waals surface area contributed by atoms with E-state index in [2.05, 4.69) is 30.9 Å². The van der Waals surface area contributed by atoms with E-state index in [-0.39, 0.29) is 0 Å². The number of pyridine rings is 1. The van der Waals surface area contributed by atoms with Gasteiger partial charge >= 0.3 is 0 Å². The summed E-state index contributed by atoms with van der Waals surface area (Å²) in [7, 11) is 0.